The van der Waals surface area contributed by atoms with Crippen LogP contribution in [-0.2, 0) is 6.42 Å². The number of hydrogen-bond acceptors (Lipinski definition) is 3. The van der Waals surface area contributed by atoms with Crippen molar-refractivity contribution in [1.82, 2.24) is 4.98 Å². The molecule has 2 nitrogen and oxygen atoms in total. The van der Waals surface area contributed by atoms with E-state index in [9.17, 15) is 4.80 Å². The predicted molar refractivity (Wildman–Crippen MR) is 71.9 cm³/mol. The summed E-state index contributed by atoms with van der Waals surface area (Å²) in [6.07, 6.45) is 1.95. The summed E-state index contributed by atoms with van der Waals surface area (Å²) in [6, 6.07) is 0. The summed E-state index contributed by atoms with van der Waals surface area (Å²) in [6.45, 7) is 8.31. The smallest absolute Gasteiger partial charge is 0.188 e. The molecule has 0 aliphatic carbocycles. The van der Waals surface area contributed by atoms with Crippen LogP contribution in [0, 0.1) is 0 Å². The number of halogens is 1. The molecule has 0 aromatic carbocycles. The third kappa shape index (κ3) is 3.66. The lowest BCUT2D eigenvalue weighted by molar-refractivity contribution is 0.450. The number of aryl methyl sites for hydroxylation is 1. The van der Waals surface area contributed by atoms with E-state index in [4.69, 9.17) is 0 Å². The molecule has 0 amide bonds. The fourth-order valence-electron chi connectivity index (χ4n) is 1.14. The molecule has 0 unspecified atom stereocenters. The highest BCUT2D eigenvalue weighted by atomic mass is 79.9. The van der Waals surface area contributed by atoms with E-state index in [1.165, 1.54) is 0 Å². The van der Waals surface area contributed by atoms with Crippen molar-refractivity contribution in [3.05, 3.63) is 15.0 Å². The minimum Gasteiger partial charge on any atom is -0.432 e. The van der Waals surface area contributed by atoms with E-state index in [1.807, 2.05) is 13.1 Å². The van der Waals surface area contributed by atoms with Gasteiger partial charge in [0.15, 0.2) is 12.2 Å². The van der Waals surface area contributed by atoms with Crippen molar-refractivity contribution in [3.63, 3.8) is 0 Å². The quantitative estimate of drug-likeness (QED) is 0.858. The van der Waals surface area contributed by atoms with Crippen molar-refractivity contribution in [1.29, 1.82) is 0 Å². The van der Waals surface area contributed by atoms with Gasteiger partial charge in [-0.25, -0.2) is 4.98 Å². The maximum absolute atomic E-state index is 10.1. The van der Waals surface area contributed by atoms with Gasteiger partial charge in [-0.1, -0.05) is 13.8 Å². The van der Waals surface area contributed by atoms with Gasteiger partial charge in [0.25, 0.3) is 0 Å². The Hall–Kier alpha value is 0.287. The largest absolute Gasteiger partial charge is 0.432 e. The molecule has 0 spiro atoms. The van der Waals surface area contributed by atoms with Crippen molar-refractivity contribution < 1.29 is 4.80 Å². The van der Waals surface area contributed by atoms with Crippen LogP contribution in [0.4, 0.5) is 0 Å². The van der Waals surface area contributed by atoms with Gasteiger partial charge in [-0.05, 0) is 46.9 Å². The summed E-state index contributed by atoms with van der Waals surface area (Å²) in [5, 5.41) is 2.12. The SMILES string of the molecule is CC(C)(CCc1csc(Br)n1)[Si](C)(C)O. The molecule has 0 atom stereocenters. The third-order valence-corrected chi connectivity index (χ3v) is 8.16. The summed E-state index contributed by atoms with van der Waals surface area (Å²) in [5.74, 6) is 0. The highest BCUT2D eigenvalue weighted by molar-refractivity contribution is 9.11. The van der Waals surface area contributed by atoms with Crippen molar-refractivity contribution in [3.8, 4) is 0 Å². The van der Waals surface area contributed by atoms with Crippen LogP contribution in [0.1, 0.15) is 26.0 Å². The molecule has 1 N–H and O–H groups in total. The predicted octanol–water partition coefficient (Wildman–Crippen LogP) is 3.82. The second-order valence-corrected chi connectivity index (χ2v) is 11.6. The lowest BCUT2D eigenvalue weighted by Gasteiger charge is -2.34. The van der Waals surface area contributed by atoms with Crippen LogP contribution in [0.2, 0.25) is 18.1 Å². The molecule has 0 saturated carbocycles. The van der Waals surface area contributed by atoms with E-state index in [0.717, 1.165) is 22.5 Å². The van der Waals surface area contributed by atoms with Crippen LogP contribution in [0.3, 0.4) is 0 Å². The van der Waals surface area contributed by atoms with Crippen molar-refractivity contribution in [2.45, 2.75) is 44.8 Å². The molecular formula is C10H18BrNOSSi. The standard InChI is InChI=1S/C10H18BrNOSSi/c1-10(2,15(3,4)13)6-5-8-7-14-9(11)12-8/h7,13H,5-6H2,1-4H3. The molecule has 1 aromatic heterocycles. The average Bonchev–Trinajstić information content (AvgIpc) is 2.46. The summed E-state index contributed by atoms with van der Waals surface area (Å²) in [4.78, 5) is 14.5. The number of rotatable bonds is 4. The minimum absolute atomic E-state index is 0.0447. The highest BCUT2D eigenvalue weighted by Gasteiger charge is 2.37. The fourth-order valence-corrected chi connectivity index (χ4v) is 2.96. The molecule has 1 aromatic rings. The van der Waals surface area contributed by atoms with Gasteiger partial charge in [0.2, 0.25) is 0 Å². The molecular weight excluding hydrogens is 290 g/mol. The molecule has 0 aliphatic heterocycles. The molecule has 86 valence electrons. The topological polar surface area (TPSA) is 33.1 Å². The zero-order valence-corrected chi connectivity index (χ0v) is 13.1. The van der Waals surface area contributed by atoms with Crippen LogP contribution >= 0.6 is 27.3 Å². The molecule has 5 heteroatoms. The van der Waals surface area contributed by atoms with Gasteiger partial charge < -0.3 is 4.80 Å². The maximum Gasteiger partial charge on any atom is 0.188 e. The van der Waals surface area contributed by atoms with Crippen molar-refractivity contribution in [2.75, 3.05) is 0 Å². The Morgan fingerprint density at radius 3 is 2.53 bits per heavy atom. The molecule has 1 rings (SSSR count). The molecule has 0 fully saturated rings. The van der Waals surface area contributed by atoms with Gasteiger partial charge in [0.05, 0.1) is 5.69 Å². The monoisotopic (exact) mass is 307 g/mol. The number of hydrogen-bond donors (Lipinski definition) is 1. The van der Waals surface area contributed by atoms with E-state index < -0.39 is 8.32 Å². The molecule has 1 heterocycles. The summed E-state index contributed by atoms with van der Waals surface area (Å²) in [5.41, 5.74) is 1.12. The normalized spacial score (nSPS) is 13.2. The first-order valence-electron chi connectivity index (χ1n) is 5.05. The van der Waals surface area contributed by atoms with Crippen LogP contribution in [0.25, 0.3) is 0 Å². The van der Waals surface area contributed by atoms with Crippen molar-refractivity contribution in [2.24, 2.45) is 0 Å². The Morgan fingerprint density at radius 2 is 2.13 bits per heavy atom. The lowest BCUT2D eigenvalue weighted by atomic mass is 10.1. The van der Waals surface area contributed by atoms with E-state index in [1.54, 1.807) is 11.3 Å². The van der Waals surface area contributed by atoms with Gasteiger partial charge >= 0.3 is 0 Å². The Kier molecular flexibility index (Phi) is 4.14. The average molecular weight is 308 g/mol. The van der Waals surface area contributed by atoms with E-state index in [2.05, 4.69) is 40.1 Å². The maximum atomic E-state index is 10.1. The second kappa shape index (κ2) is 4.65. The zero-order valence-electron chi connectivity index (χ0n) is 9.67. The molecule has 0 aliphatic rings. The molecule has 0 saturated heterocycles. The number of thiazole rings is 1. The fraction of sp³-hybridized carbons (Fsp3) is 0.700. The molecule has 15 heavy (non-hydrogen) atoms. The summed E-state index contributed by atoms with van der Waals surface area (Å²) >= 11 is 4.98. The van der Waals surface area contributed by atoms with Gasteiger partial charge in [0, 0.05) is 5.38 Å². The van der Waals surface area contributed by atoms with Gasteiger partial charge in [-0.2, -0.15) is 0 Å². The van der Waals surface area contributed by atoms with Gasteiger partial charge in [-0.15, -0.1) is 11.3 Å². The van der Waals surface area contributed by atoms with Crippen LogP contribution < -0.4 is 0 Å². The summed E-state index contributed by atoms with van der Waals surface area (Å²) in [7, 11) is -2.07. The molecule has 0 radical (unpaired) electrons. The highest BCUT2D eigenvalue weighted by Crippen LogP contribution is 2.39. The zero-order chi connectivity index (χ0) is 11.7. The van der Waals surface area contributed by atoms with Crippen LogP contribution in [0.15, 0.2) is 9.30 Å². The first-order chi connectivity index (χ1) is 6.72. The van der Waals surface area contributed by atoms with E-state index in [0.29, 0.717) is 0 Å². The Bertz CT molecular complexity index is 332. The minimum atomic E-state index is -2.07. The van der Waals surface area contributed by atoms with Crippen LogP contribution in [0.5, 0.6) is 0 Å². The van der Waals surface area contributed by atoms with Gasteiger partial charge in [0.1, 0.15) is 0 Å². The van der Waals surface area contributed by atoms with Crippen molar-refractivity contribution >= 4 is 35.6 Å². The third-order valence-electron chi connectivity index (χ3n) is 3.19. The Balaban J connectivity index is 2.57. The van der Waals surface area contributed by atoms with E-state index in [-0.39, 0.29) is 5.04 Å². The molecule has 0 bridgehead atoms. The van der Waals surface area contributed by atoms with Gasteiger partial charge in [-0.3, -0.25) is 0 Å². The van der Waals surface area contributed by atoms with E-state index >= 15 is 0 Å². The number of nitrogens with zero attached hydrogens (tertiary/aromatic N) is 1. The Morgan fingerprint density at radius 1 is 1.53 bits per heavy atom. The summed E-state index contributed by atoms with van der Waals surface area (Å²) < 4.78 is 0.941. The number of aromatic nitrogens is 1. The first kappa shape index (κ1) is 13.4. The first-order valence-corrected chi connectivity index (χ1v) is 9.67. The Labute approximate surface area is 105 Å². The second-order valence-electron chi connectivity index (χ2n) is 5.03. The lowest BCUT2D eigenvalue weighted by Crippen LogP contribution is -2.39. The van der Waals surface area contributed by atoms with Crippen LogP contribution in [-0.4, -0.2) is 18.1 Å².